The largest absolute Gasteiger partial charge is 0.462 e. The number of benzene rings is 1. The van der Waals surface area contributed by atoms with Crippen LogP contribution in [0.1, 0.15) is 51.9 Å². The van der Waals surface area contributed by atoms with E-state index in [-0.39, 0.29) is 11.6 Å². The van der Waals surface area contributed by atoms with E-state index < -0.39 is 47.3 Å². The number of ether oxygens (including phenoxy) is 2. The molecule has 0 aromatic heterocycles. The molecule has 1 saturated heterocycles. The molecule has 0 bridgehead atoms. The van der Waals surface area contributed by atoms with Crippen molar-refractivity contribution in [3.8, 4) is 5.75 Å². The van der Waals surface area contributed by atoms with Crippen LogP contribution in [0, 0.1) is 0 Å². The third kappa shape index (κ3) is 6.78. The van der Waals surface area contributed by atoms with Crippen molar-refractivity contribution in [2.75, 3.05) is 6.61 Å². The van der Waals surface area contributed by atoms with Crippen LogP contribution in [-0.2, 0) is 13.6 Å². The van der Waals surface area contributed by atoms with Crippen LogP contribution < -0.4 is 4.74 Å². The molecule has 1 aliphatic heterocycles. The van der Waals surface area contributed by atoms with Crippen LogP contribution in [0.25, 0.3) is 0 Å². The van der Waals surface area contributed by atoms with E-state index in [1.54, 1.807) is 24.3 Å². The van der Waals surface area contributed by atoms with Crippen molar-refractivity contribution >= 4 is 22.9 Å². The zero-order valence-electron chi connectivity index (χ0n) is 22.0. The Hall–Kier alpha value is -1.08. The van der Waals surface area contributed by atoms with Gasteiger partial charge in [0.05, 0.1) is 6.61 Å². The molecule has 1 fully saturated rings. The second-order valence-corrected chi connectivity index (χ2v) is 20.3. The van der Waals surface area contributed by atoms with E-state index in [9.17, 15) is 15.0 Å². The predicted molar refractivity (Wildman–Crippen MR) is 138 cm³/mol. The van der Waals surface area contributed by atoms with Crippen molar-refractivity contribution in [3.63, 3.8) is 0 Å². The Morgan fingerprint density at radius 3 is 2.03 bits per heavy atom. The third-order valence-corrected chi connectivity index (χ3v) is 16.8. The molecule has 2 N–H and O–H groups in total. The van der Waals surface area contributed by atoms with Gasteiger partial charge in [-0.25, -0.2) is 0 Å². The summed E-state index contributed by atoms with van der Waals surface area (Å²) in [4.78, 5) is 11.0. The van der Waals surface area contributed by atoms with Crippen LogP contribution in [0.4, 0.5) is 0 Å². The molecule has 2 rings (SSSR count). The maximum atomic E-state index is 11.3. The Morgan fingerprint density at radius 2 is 1.56 bits per heavy atom. The van der Waals surface area contributed by atoms with Gasteiger partial charge in [0, 0.05) is 5.56 Å². The van der Waals surface area contributed by atoms with Crippen molar-refractivity contribution in [2.24, 2.45) is 0 Å². The summed E-state index contributed by atoms with van der Waals surface area (Å²) >= 11 is 0. The van der Waals surface area contributed by atoms with E-state index in [0.717, 1.165) is 24.4 Å². The predicted octanol–water partition coefficient (Wildman–Crippen LogP) is 4.74. The average molecular weight is 513 g/mol. The monoisotopic (exact) mass is 512 g/mol. The van der Waals surface area contributed by atoms with Gasteiger partial charge in [0.25, 0.3) is 0 Å². The second-order valence-electron chi connectivity index (χ2n) is 10.7. The Bertz CT molecular complexity index is 766. The maximum Gasteiger partial charge on any atom is 0.229 e. The Labute approximate surface area is 207 Å². The first kappa shape index (κ1) is 29.2. The molecule has 1 aliphatic rings. The summed E-state index contributed by atoms with van der Waals surface area (Å²) in [6.45, 7) is 17.3. The van der Waals surface area contributed by atoms with Gasteiger partial charge in [0.2, 0.25) is 6.29 Å². The van der Waals surface area contributed by atoms with Gasteiger partial charge < -0.3 is 28.5 Å². The number of rotatable bonds is 11. The Kier molecular flexibility index (Phi) is 10.1. The van der Waals surface area contributed by atoms with Crippen LogP contribution >= 0.6 is 0 Å². The van der Waals surface area contributed by atoms with E-state index in [4.69, 9.17) is 18.3 Å². The number of carbonyl (C=O) groups excluding carboxylic acids is 1. The molecule has 0 saturated carbocycles. The van der Waals surface area contributed by atoms with Gasteiger partial charge in [0.1, 0.15) is 36.5 Å². The molecule has 1 heterocycles. The van der Waals surface area contributed by atoms with E-state index in [1.165, 1.54) is 0 Å². The lowest BCUT2D eigenvalue weighted by atomic mass is 9.99. The lowest BCUT2D eigenvalue weighted by molar-refractivity contribution is -0.273. The molecule has 1 aromatic carbocycles. The SMILES string of the molecule is CC[Si](CC)(CC)O[C@H]1[C@@H](O)[C@H](Oc2ccc(C=O)cc2)O[C@H](CO[Si](C)(C)C(C)(C)C)[C@H]1O. The van der Waals surface area contributed by atoms with E-state index in [0.29, 0.717) is 11.3 Å². The molecule has 0 amide bonds. The van der Waals surface area contributed by atoms with Gasteiger partial charge in [-0.15, -0.1) is 0 Å². The van der Waals surface area contributed by atoms with E-state index in [2.05, 4.69) is 54.6 Å². The number of hydrogen-bond donors (Lipinski definition) is 2. The molecule has 0 unspecified atom stereocenters. The summed E-state index contributed by atoms with van der Waals surface area (Å²) in [5.74, 6) is 0.457. The minimum Gasteiger partial charge on any atom is -0.462 e. The summed E-state index contributed by atoms with van der Waals surface area (Å²) in [7, 11) is -4.23. The zero-order valence-corrected chi connectivity index (χ0v) is 24.0. The number of hydrogen-bond acceptors (Lipinski definition) is 7. The summed E-state index contributed by atoms with van der Waals surface area (Å²) in [6, 6.07) is 9.26. The Balaban J connectivity index is 2.30. The second kappa shape index (κ2) is 11.8. The molecule has 0 spiro atoms. The van der Waals surface area contributed by atoms with Gasteiger partial charge in [-0.05, 0) is 60.5 Å². The standard InChI is InChI=1S/C25H44O7Si2/c1-9-34(10-2,11-3)32-23-21(27)20(17-29-33(7,8)25(4,5)6)31-24(22(23)28)30-19-14-12-18(16-26)13-15-19/h12-16,20-24,27-28H,9-11,17H2,1-8H3/t20-,21-,22-,23-,24-/m1/s1. The fourth-order valence-corrected chi connectivity index (χ4v) is 7.70. The molecule has 0 aliphatic carbocycles. The van der Waals surface area contributed by atoms with Crippen molar-refractivity contribution in [1.82, 2.24) is 0 Å². The maximum absolute atomic E-state index is 11.3. The molecule has 9 heteroatoms. The topological polar surface area (TPSA) is 94.5 Å². The van der Waals surface area contributed by atoms with Crippen LogP contribution in [0.2, 0.25) is 36.3 Å². The van der Waals surface area contributed by atoms with Crippen molar-refractivity contribution in [1.29, 1.82) is 0 Å². The number of carbonyl (C=O) groups is 1. The highest BCUT2D eigenvalue weighted by atomic mass is 28.4. The molecule has 1 aromatic rings. The first-order valence-electron chi connectivity index (χ1n) is 12.4. The summed E-state index contributed by atoms with van der Waals surface area (Å²) in [5.41, 5.74) is 0.527. The van der Waals surface area contributed by atoms with Crippen molar-refractivity contribution in [2.45, 2.75) is 109 Å². The summed E-state index contributed by atoms with van der Waals surface area (Å²) < 4.78 is 25.0. The smallest absolute Gasteiger partial charge is 0.229 e. The molecule has 0 radical (unpaired) electrons. The minimum atomic E-state index is -2.14. The molecule has 34 heavy (non-hydrogen) atoms. The normalized spacial score (nSPS) is 26.4. The van der Waals surface area contributed by atoms with Crippen LogP contribution in [-0.4, -0.2) is 70.4 Å². The third-order valence-electron chi connectivity index (χ3n) is 7.64. The molecular weight excluding hydrogens is 468 g/mol. The number of aldehydes is 1. The first-order valence-corrected chi connectivity index (χ1v) is 17.8. The van der Waals surface area contributed by atoms with Gasteiger partial charge in [-0.1, -0.05) is 41.5 Å². The fraction of sp³-hybridized carbons (Fsp3) is 0.720. The lowest BCUT2D eigenvalue weighted by Crippen LogP contribution is -2.64. The quantitative estimate of drug-likeness (QED) is 0.327. The van der Waals surface area contributed by atoms with Crippen molar-refractivity contribution in [3.05, 3.63) is 29.8 Å². The fourth-order valence-electron chi connectivity index (χ4n) is 3.83. The molecule has 5 atom stereocenters. The van der Waals surface area contributed by atoms with Crippen LogP contribution in [0.5, 0.6) is 5.75 Å². The molecule has 7 nitrogen and oxygen atoms in total. The Morgan fingerprint density at radius 1 is 1.00 bits per heavy atom. The zero-order chi connectivity index (χ0) is 25.7. The summed E-state index contributed by atoms with van der Waals surface area (Å²) in [6.07, 6.45) is -4.06. The van der Waals surface area contributed by atoms with Gasteiger partial charge >= 0.3 is 0 Å². The van der Waals surface area contributed by atoms with Gasteiger partial charge in [0.15, 0.2) is 16.6 Å². The average Bonchev–Trinajstić information content (AvgIpc) is 2.80. The molecule has 194 valence electrons. The number of aliphatic hydroxyl groups is 2. The van der Waals surface area contributed by atoms with E-state index in [1.807, 2.05) is 0 Å². The highest BCUT2D eigenvalue weighted by molar-refractivity contribution is 6.74. The van der Waals surface area contributed by atoms with E-state index >= 15 is 0 Å². The van der Waals surface area contributed by atoms with Crippen LogP contribution in [0.15, 0.2) is 24.3 Å². The molecular formula is C25H44O7Si2. The van der Waals surface area contributed by atoms with Crippen molar-refractivity contribution < 1.29 is 33.3 Å². The van der Waals surface area contributed by atoms with Gasteiger partial charge in [-0.2, -0.15) is 0 Å². The first-order chi connectivity index (χ1) is 15.8. The highest BCUT2D eigenvalue weighted by Gasteiger charge is 2.50. The lowest BCUT2D eigenvalue weighted by Gasteiger charge is -2.46. The minimum absolute atomic E-state index is 0.00691. The highest BCUT2D eigenvalue weighted by Crippen LogP contribution is 2.38. The van der Waals surface area contributed by atoms with Gasteiger partial charge in [-0.3, -0.25) is 4.79 Å². The van der Waals surface area contributed by atoms with Crippen LogP contribution in [0.3, 0.4) is 0 Å². The summed E-state index contributed by atoms with van der Waals surface area (Å²) in [5, 5.41) is 22.4. The number of aliphatic hydroxyl groups excluding tert-OH is 2.